The summed E-state index contributed by atoms with van der Waals surface area (Å²) in [7, 11) is 0. The molecule has 0 spiro atoms. The molecule has 0 amide bonds. The van der Waals surface area contributed by atoms with E-state index in [0.717, 1.165) is 29.0 Å². The van der Waals surface area contributed by atoms with E-state index in [1.54, 1.807) is 11.3 Å². The van der Waals surface area contributed by atoms with Crippen LogP contribution in [0.5, 0.6) is 0 Å². The van der Waals surface area contributed by atoms with Gasteiger partial charge in [-0.05, 0) is 30.7 Å². The Labute approximate surface area is 114 Å². The van der Waals surface area contributed by atoms with Crippen molar-refractivity contribution in [1.82, 2.24) is 9.97 Å². The summed E-state index contributed by atoms with van der Waals surface area (Å²) in [6.07, 6.45) is 3.66. The molecule has 1 aliphatic rings. The number of fused-ring (bicyclic) bond motifs is 1. The first-order chi connectivity index (χ1) is 9.19. The van der Waals surface area contributed by atoms with Crippen LogP contribution in [0, 0.1) is 0 Å². The Kier molecular flexibility index (Phi) is 2.89. The van der Waals surface area contributed by atoms with Crippen LogP contribution in [0.4, 0.5) is 5.82 Å². The van der Waals surface area contributed by atoms with Crippen molar-refractivity contribution in [3.05, 3.63) is 17.8 Å². The number of rotatable bonds is 3. The summed E-state index contributed by atoms with van der Waals surface area (Å²) in [5.41, 5.74) is -0.816. The third-order valence-electron chi connectivity index (χ3n) is 3.97. The van der Waals surface area contributed by atoms with Gasteiger partial charge in [0.1, 0.15) is 22.5 Å². The predicted octanol–water partition coefficient (Wildman–Crippen LogP) is 2.52. The molecule has 0 aromatic carbocycles. The second-order valence-electron chi connectivity index (χ2n) is 4.78. The average Bonchev–Trinajstić information content (AvgIpc) is 3.05. The number of aliphatic carboxylic acids is 1. The number of nitrogens with zero attached hydrogens (tertiary/aromatic N) is 3. The minimum atomic E-state index is -0.816. The molecule has 6 heteroatoms. The first-order valence-electron chi connectivity index (χ1n) is 6.38. The Morgan fingerprint density at radius 3 is 3.16 bits per heavy atom. The molecule has 2 aromatic rings. The summed E-state index contributed by atoms with van der Waals surface area (Å²) in [6.45, 7) is 2.67. The fourth-order valence-electron chi connectivity index (χ4n) is 2.92. The minimum Gasteiger partial charge on any atom is -0.479 e. The van der Waals surface area contributed by atoms with Crippen LogP contribution in [0.25, 0.3) is 10.2 Å². The lowest BCUT2D eigenvalue weighted by atomic mass is 9.93. The monoisotopic (exact) mass is 277 g/mol. The first kappa shape index (κ1) is 12.3. The summed E-state index contributed by atoms with van der Waals surface area (Å²) in [5.74, 6) is 0.00231. The van der Waals surface area contributed by atoms with Crippen molar-refractivity contribution >= 4 is 33.3 Å². The van der Waals surface area contributed by atoms with Crippen molar-refractivity contribution in [1.29, 1.82) is 0 Å². The van der Waals surface area contributed by atoms with E-state index < -0.39 is 11.5 Å². The molecule has 1 saturated heterocycles. The lowest BCUT2D eigenvalue weighted by Crippen LogP contribution is -2.50. The predicted molar refractivity (Wildman–Crippen MR) is 74.7 cm³/mol. The molecular weight excluding hydrogens is 262 g/mol. The average molecular weight is 277 g/mol. The quantitative estimate of drug-likeness (QED) is 0.933. The fourth-order valence-corrected chi connectivity index (χ4v) is 3.65. The first-order valence-corrected chi connectivity index (χ1v) is 7.26. The molecule has 0 radical (unpaired) electrons. The highest BCUT2D eigenvalue weighted by molar-refractivity contribution is 7.16. The second-order valence-corrected chi connectivity index (χ2v) is 5.68. The van der Waals surface area contributed by atoms with Crippen LogP contribution >= 0.6 is 11.3 Å². The molecule has 3 rings (SSSR count). The third kappa shape index (κ3) is 1.70. The van der Waals surface area contributed by atoms with Gasteiger partial charge in [-0.25, -0.2) is 14.8 Å². The second kappa shape index (κ2) is 4.45. The Bertz CT molecular complexity index is 627. The lowest BCUT2D eigenvalue weighted by Gasteiger charge is -2.35. The minimum absolute atomic E-state index is 0.581. The standard InChI is InChI=1S/C13H15N3O2S/c1-2-13(12(17)18)5-3-6-16(13)10-9-4-7-19-11(9)15-8-14-10/h4,7-8H,2-3,5-6H2,1H3,(H,17,18). The molecule has 1 atom stereocenters. The van der Waals surface area contributed by atoms with Crippen molar-refractivity contribution in [3.8, 4) is 0 Å². The van der Waals surface area contributed by atoms with Crippen LogP contribution in [0.1, 0.15) is 26.2 Å². The highest BCUT2D eigenvalue weighted by Crippen LogP contribution is 2.39. The maximum atomic E-state index is 11.7. The van der Waals surface area contributed by atoms with Crippen molar-refractivity contribution in [2.24, 2.45) is 0 Å². The van der Waals surface area contributed by atoms with Gasteiger partial charge in [0.25, 0.3) is 0 Å². The summed E-state index contributed by atoms with van der Waals surface area (Å²) in [4.78, 5) is 23.2. The van der Waals surface area contributed by atoms with Gasteiger partial charge in [-0.3, -0.25) is 0 Å². The molecular formula is C13H15N3O2S. The topological polar surface area (TPSA) is 66.3 Å². The van der Waals surface area contributed by atoms with Crippen LogP contribution in [0.3, 0.4) is 0 Å². The van der Waals surface area contributed by atoms with E-state index in [2.05, 4.69) is 9.97 Å². The molecule has 1 aliphatic heterocycles. The van der Waals surface area contributed by atoms with Crippen molar-refractivity contribution in [2.75, 3.05) is 11.4 Å². The zero-order valence-electron chi connectivity index (χ0n) is 10.7. The zero-order valence-corrected chi connectivity index (χ0v) is 11.5. The lowest BCUT2D eigenvalue weighted by molar-refractivity contribution is -0.143. The Balaban J connectivity index is 2.15. The summed E-state index contributed by atoms with van der Waals surface area (Å²) < 4.78 is 0. The molecule has 1 N–H and O–H groups in total. The van der Waals surface area contributed by atoms with Crippen molar-refractivity contribution < 1.29 is 9.90 Å². The van der Waals surface area contributed by atoms with Gasteiger partial charge < -0.3 is 10.0 Å². The number of anilines is 1. The van der Waals surface area contributed by atoms with Crippen LogP contribution in [-0.2, 0) is 4.79 Å². The zero-order chi connectivity index (χ0) is 13.5. The van der Waals surface area contributed by atoms with Crippen molar-refractivity contribution in [3.63, 3.8) is 0 Å². The van der Waals surface area contributed by atoms with E-state index >= 15 is 0 Å². The SMILES string of the molecule is CCC1(C(=O)O)CCCN1c1ncnc2sccc12. The highest BCUT2D eigenvalue weighted by Gasteiger charge is 2.47. The fraction of sp³-hybridized carbons (Fsp3) is 0.462. The highest BCUT2D eigenvalue weighted by atomic mass is 32.1. The Morgan fingerprint density at radius 2 is 2.42 bits per heavy atom. The number of hydrogen-bond donors (Lipinski definition) is 1. The van der Waals surface area contributed by atoms with E-state index in [9.17, 15) is 9.90 Å². The molecule has 0 saturated carbocycles. The molecule has 0 bridgehead atoms. The largest absolute Gasteiger partial charge is 0.479 e. The Morgan fingerprint density at radius 1 is 1.58 bits per heavy atom. The summed E-state index contributed by atoms with van der Waals surface area (Å²) in [5, 5.41) is 12.6. The maximum absolute atomic E-state index is 11.7. The number of carboxylic acids is 1. The van der Waals surface area contributed by atoms with Gasteiger partial charge in [0, 0.05) is 6.54 Å². The summed E-state index contributed by atoms with van der Waals surface area (Å²) in [6, 6.07) is 1.97. The summed E-state index contributed by atoms with van der Waals surface area (Å²) >= 11 is 1.55. The number of aromatic nitrogens is 2. The molecule has 3 heterocycles. The number of hydrogen-bond acceptors (Lipinski definition) is 5. The maximum Gasteiger partial charge on any atom is 0.329 e. The van der Waals surface area contributed by atoms with E-state index in [4.69, 9.17) is 0 Å². The molecule has 19 heavy (non-hydrogen) atoms. The Hall–Kier alpha value is -1.69. The van der Waals surface area contributed by atoms with Gasteiger partial charge in [-0.2, -0.15) is 0 Å². The smallest absolute Gasteiger partial charge is 0.329 e. The van der Waals surface area contributed by atoms with Crippen LogP contribution in [0.15, 0.2) is 17.8 Å². The molecule has 2 aromatic heterocycles. The van der Waals surface area contributed by atoms with Gasteiger partial charge >= 0.3 is 5.97 Å². The molecule has 1 fully saturated rings. The van der Waals surface area contributed by atoms with Crippen LogP contribution < -0.4 is 4.90 Å². The molecule has 100 valence electrons. The van der Waals surface area contributed by atoms with Crippen LogP contribution in [-0.4, -0.2) is 33.1 Å². The van der Waals surface area contributed by atoms with E-state index in [-0.39, 0.29) is 0 Å². The van der Waals surface area contributed by atoms with Crippen LogP contribution in [0.2, 0.25) is 0 Å². The normalized spacial score (nSPS) is 23.1. The van der Waals surface area contributed by atoms with Gasteiger partial charge in [-0.15, -0.1) is 11.3 Å². The molecule has 5 nitrogen and oxygen atoms in total. The molecule has 0 aliphatic carbocycles. The van der Waals surface area contributed by atoms with Gasteiger partial charge in [0.2, 0.25) is 0 Å². The van der Waals surface area contributed by atoms with E-state index in [1.165, 1.54) is 6.33 Å². The third-order valence-corrected chi connectivity index (χ3v) is 4.79. The van der Waals surface area contributed by atoms with Gasteiger partial charge in [0.05, 0.1) is 5.39 Å². The number of carbonyl (C=O) groups is 1. The van der Waals surface area contributed by atoms with E-state index in [1.807, 2.05) is 23.3 Å². The van der Waals surface area contributed by atoms with Gasteiger partial charge in [-0.1, -0.05) is 6.92 Å². The number of thiophene rings is 1. The number of carboxylic acid groups (broad SMARTS) is 1. The van der Waals surface area contributed by atoms with E-state index in [0.29, 0.717) is 12.8 Å². The van der Waals surface area contributed by atoms with Gasteiger partial charge in [0.15, 0.2) is 0 Å². The van der Waals surface area contributed by atoms with Crippen molar-refractivity contribution in [2.45, 2.75) is 31.7 Å². The molecule has 1 unspecified atom stereocenters.